The summed E-state index contributed by atoms with van der Waals surface area (Å²) in [6.07, 6.45) is 2.99. The molecule has 2 bridgehead atoms. The molecule has 0 amide bonds. The summed E-state index contributed by atoms with van der Waals surface area (Å²) in [5, 5.41) is 1.27. The zero-order chi connectivity index (χ0) is 15.3. The van der Waals surface area contributed by atoms with Crippen LogP contribution in [-0.2, 0) is 0 Å². The van der Waals surface area contributed by atoms with Crippen molar-refractivity contribution in [1.82, 2.24) is 4.90 Å². The first-order valence-corrected chi connectivity index (χ1v) is 8.94. The van der Waals surface area contributed by atoms with Crippen LogP contribution < -0.4 is 0 Å². The van der Waals surface area contributed by atoms with E-state index >= 15 is 0 Å². The van der Waals surface area contributed by atoms with E-state index in [9.17, 15) is 9.18 Å². The molecule has 116 valence electrons. The molecule has 0 aliphatic carbocycles. The summed E-state index contributed by atoms with van der Waals surface area (Å²) in [4.78, 5) is 15.7. The maximum Gasteiger partial charge on any atom is 0.174 e. The Bertz CT molecular complexity index is 736. The van der Waals surface area contributed by atoms with Gasteiger partial charge in [0.2, 0.25) is 0 Å². The highest BCUT2D eigenvalue weighted by Gasteiger charge is 2.35. The van der Waals surface area contributed by atoms with Gasteiger partial charge in [0.05, 0.1) is 9.90 Å². The van der Waals surface area contributed by atoms with Gasteiger partial charge in [0.15, 0.2) is 5.78 Å². The quantitative estimate of drug-likeness (QED) is 0.762. The van der Waals surface area contributed by atoms with Gasteiger partial charge in [0, 0.05) is 23.1 Å². The number of rotatable bonds is 3. The Hall–Kier alpha value is -0.970. The highest BCUT2D eigenvalue weighted by Crippen LogP contribution is 2.39. The minimum atomic E-state index is -0.290. The Kier molecular flexibility index (Phi) is 3.71. The molecule has 0 N–H and O–H groups in total. The Balaban J connectivity index is 1.59. The van der Waals surface area contributed by atoms with Gasteiger partial charge in [-0.2, -0.15) is 0 Å². The first kappa shape index (κ1) is 14.6. The van der Waals surface area contributed by atoms with E-state index in [1.807, 2.05) is 0 Å². The lowest BCUT2D eigenvalue weighted by Crippen LogP contribution is -2.47. The van der Waals surface area contributed by atoms with Crippen LogP contribution >= 0.6 is 22.9 Å². The van der Waals surface area contributed by atoms with E-state index in [1.165, 1.54) is 49.4 Å². The molecular weight excluding hydrogens is 321 g/mol. The number of benzene rings is 1. The topological polar surface area (TPSA) is 20.3 Å². The number of hydrogen-bond donors (Lipinski definition) is 0. The van der Waals surface area contributed by atoms with Gasteiger partial charge < -0.3 is 4.90 Å². The Labute approximate surface area is 137 Å². The third-order valence-electron chi connectivity index (χ3n) is 5.08. The second-order valence-corrected chi connectivity index (χ2v) is 7.84. The van der Waals surface area contributed by atoms with Crippen LogP contribution in [0.15, 0.2) is 18.2 Å². The van der Waals surface area contributed by atoms with Gasteiger partial charge in [-0.15, -0.1) is 11.3 Å². The SMILES string of the molecule is O=C(C[C@@H]1CN2CCC1CC2)c1sc2cc(F)ccc2c1Cl. The van der Waals surface area contributed by atoms with Crippen LogP contribution in [0.2, 0.25) is 5.02 Å². The Morgan fingerprint density at radius 3 is 2.82 bits per heavy atom. The highest BCUT2D eigenvalue weighted by molar-refractivity contribution is 7.21. The summed E-state index contributed by atoms with van der Waals surface area (Å²) < 4.78 is 14.1. The number of hydrogen-bond acceptors (Lipinski definition) is 3. The lowest BCUT2D eigenvalue weighted by Gasteiger charge is -2.44. The number of Topliss-reactive ketones (excluding diaryl/α,β-unsaturated/α-hetero) is 1. The molecule has 1 aromatic heterocycles. The summed E-state index contributed by atoms with van der Waals surface area (Å²) in [7, 11) is 0. The smallest absolute Gasteiger partial charge is 0.174 e. The third kappa shape index (κ3) is 2.47. The number of carbonyl (C=O) groups is 1. The standard InChI is InChI=1S/C17H17ClFNOS/c18-16-13-2-1-12(19)8-15(13)22-17(16)14(21)7-11-9-20-5-3-10(11)4-6-20/h1-2,8,10-11H,3-7,9H2/t11-/m1/s1. The third-order valence-corrected chi connectivity index (χ3v) is 6.78. The lowest BCUT2D eigenvalue weighted by molar-refractivity contribution is 0.0442. The van der Waals surface area contributed by atoms with E-state index in [0.29, 0.717) is 28.2 Å². The molecule has 1 aromatic carbocycles. The Morgan fingerprint density at radius 1 is 1.36 bits per heavy atom. The first-order chi connectivity index (χ1) is 10.6. The van der Waals surface area contributed by atoms with Gasteiger partial charge in [0.25, 0.3) is 0 Å². The van der Waals surface area contributed by atoms with Crippen LogP contribution in [0.4, 0.5) is 4.39 Å². The highest BCUT2D eigenvalue weighted by atomic mass is 35.5. The van der Waals surface area contributed by atoms with Crippen molar-refractivity contribution in [2.45, 2.75) is 19.3 Å². The summed E-state index contributed by atoms with van der Waals surface area (Å²) in [6.45, 7) is 3.39. The summed E-state index contributed by atoms with van der Waals surface area (Å²) >= 11 is 7.68. The number of nitrogens with zero attached hydrogens (tertiary/aromatic N) is 1. The van der Waals surface area contributed by atoms with Gasteiger partial charge in [-0.1, -0.05) is 11.6 Å². The predicted octanol–water partition coefficient (Wildman–Crippen LogP) is 4.61. The van der Waals surface area contributed by atoms with Gasteiger partial charge >= 0.3 is 0 Å². The maximum absolute atomic E-state index is 13.3. The number of piperidine rings is 3. The summed E-state index contributed by atoms with van der Waals surface area (Å²) in [5.41, 5.74) is 0. The van der Waals surface area contributed by atoms with Gasteiger partial charge in [-0.25, -0.2) is 4.39 Å². The minimum Gasteiger partial charge on any atom is -0.303 e. The molecule has 3 aliphatic heterocycles. The molecular formula is C17H17ClFNOS. The van der Waals surface area contributed by atoms with E-state index in [4.69, 9.17) is 11.6 Å². The number of thiophene rings is 1. The lowest BCUT2D eigenvalue weighted by atomic mass is 9.76. The number of ketones is 1. The molecule has 3 saturated heterocycles. The summed E-state index contributed by atoms with van der Waals surface area (Å²) in [6, 6.07) is 4.51. The van der Waals surface area contributed by atoms with E-state index < -0.39 is 0 Å². The van der Waals surface area contributed by atoms with Crippen molar-refractivity contribution < 1.29 is 9.18 Å². The molecule has 0 saturated carbocycles. The van der Waals surface area contributed by atoms with Crippen LogP contribution in [0.25, 0.3) is 10.1 Å². The number of fused-ring (bicyclic) bond motifs is 4. The molecule has 1 atom stereocenters. The molecule has 0 unspecified atom stereocenters. The van der Waals surface area contributed by atoms with Gasteiger partial charge in [-0.05, 0) is 56.0 Å². The van der Waals surface area contributed by atoms with Gasteiger partial charge in [-0.3, -0.25) is 4.79 Å². The van der Waals surface area contributed by atoms with Crippen molar-refractivity contribution in [3.8, 4) is 0 Å². The van der Waals surface area contributed by atoms with Crippen LogP contribution in [0, 0.1) is 17.7 Å². The van der Waals surface area contributed by atoms with Crippen molar-refractivity contribution in [1.29, 1.82) is 0 Å². The van der Waals surface area contributed by atoms with E-state index in [2.05, 4.69) is 4.90 Å². The molecule has 4 heterocycles. The van der Waals surface area contributed by atoms with Gasteiger partial charge in [0.1, 0.15) is 5.82 Å². The van der Waals surface area contributed by atoms with E-state index in [-0.39, 0.29) is 11.6 Å². The van der Waals surface area contributed by atoms with Crippen LogP contribution in [0.3, 0.4) is 0 Å². The van der Waals surface area contributed by atoms with Crippen LogP contribution in [0.5, 0.6) is 0 Å². The van der Waals surface area contributed by atoms with Crippen molar-refractivity contribution in [3.05, 3.63) is 33.9 Å². The second-order valence-electron chi connectivity index (χ2n) is 6.41. The van der Waals surface area contributed by atoms with Crippen molar-refractivity contribution >= 4 is 38.8 Å². The Morgan fingerprint density at radius 2 is 2.14 bits per heavy atom. The van der Waals surface area contributed by atoms with E-state index in [0.717, 1.165) is 16.6 Å². The fourth-order valence-electron chi connectivity index (χ4n) is 3.87. The zero-order valence-corrected chi connectivity index (χ0v) is 13.7. The molecule has 2 nitrogen and oxygen atoms in total. The molecule has 5 heteroatoms. The molecule has 0 spiro atoms. The fourth-order valence-corrected chi connectivity index (χ4v) is 5.38. The first-order valence-electron chi connectivity index (χ1n) is 7.75. The molecule has 3 fully saturated rings. The zero-order valence-electron chi connectivity index (χ0n) is 12.1. The van der Waals surface area contributed by atoms with E-state index in [1.54, 1.807) is 6.07 Å². The fraction of sp³-hybridized carbons (Fsp3) is 0.471. The normalized spacial score (nSPS) is 27.5. The summed E-state index contributed by atoms with van der Waals surface area (Å²) in [5.74, 6) is 0.958. The maximum atomic E-state index is 13.3. The number of halogens is 2. The molecule has 22 heavy (non-hydrogen) atoms. The largest absolute Gasteiger partial charge is 0.303 e. The van der Waals surface area contributed by atoms with Crippen LogP contribution in [0.1, 0.15) is 28.9 Å². The monoisotopic (exact) mass is 337 g/mol. The molecule has 2 aromatic rings. The predicted molar refractivity (Wildman–Crippen MR) is 88.4 cm³/mol. The van der Waals surface area contributed by atoms with Crippen molar-refractivity contribution in [2.24, 2.45) is 11.8 Å². The van der Waals surface area contributed by atoms with Crippen molar-refractivity contribution in [3.63, 3.8) is 0 Å². The minimum absolute atomic E-state index is 0.116. The average Bonchev–Trinajstić information content (AvgIpc) is 2.85. The second kappa shape index (κ2) is 5.59. The molecule has 5 rings (SSSR count). The number of carbonyl (C=O) groups excluding carboxylic acids is 1. The average molecular weight is 338 g/mol. The molecule has 3 aliphatic rings. The van der Waals surface area contributed by atoms with Crippen molar-refractivity contribution in [2.75, 3.05) is 19.6 Å². The molecule has 0 radical (unpaired) electrons. The van der Waals surface area contributed by atoms with Crippen LogP contribution in [-0.4, -0.2) is 30.3 Å².